The van der Waals surface area contributed by atoms with E-state index in [-0.39, 0.29) is 51.9 Å². The first-order valence-electron chi connectivity index (χ1n) is 17.9. The summed E-state index contributed by atoms with van der Waals surface area (Å²) in [6.07, 6.45) is 9.35. The fourth-order valence-corrected chi connectivity index (χ4v) is 13.1. The van der Waals surface area contributed by atoms with Gasteiger partial charge in [-0.1, -0.05) is 48.5 Å². The Morgan fingerprint density at radius 3 is 2.22 bits per heavy atom. The average molecular weight is 655 g/mol. The Hall–Kier alpha value is -0.500. The Kier molecular flexibility index (Phi) is 9.65. The van der Waals surface area contributed by atoms with Crippen molar-refractivity contribution in [3.8, 4) is 0 Å². The van der Waals surface area contributed by atoms with E-state index in [1.165, 1.54) is 6.42 Å². The molecule has 0 aromatic heterocycles. The molecule has 5 rings (SSSR count). The number of carbonyl (C=O) groups is 1. The molecule has 12 unspecified atom stereocenters. The third-order valence-electron chi connectivity index (χ3n) is 15.2. The van der Waals surface area contributed by atoms with Crippen LogP contribution >= 0.6 is 7.82 Å². The molecule has 0 saturated heterocycles. The Bertz CT molecular complexity index is 1150. The van der Waals surface area contributed by atoms with Crippen LogP contribution in [-0.4, -0.2) is 47.5 Å². The third kappa shape index (κ3) is 5.52. The minimum absolute atomic E-state index is 0.0352. The monoisotopic (exact) mass is 654 g/mol. The van der Waals surface area contributed by atoms with Crippen molar-refractivity contribution in [3.05, 3.63) is 0 Å². The Morgan fingerprint density at radius 2 is 1.60 bits per heavy atom. The molecule has 0 heterocycles. The molecule has 5 fully saturated rings. The predicted octanol–water partition coefficient (Wildman–Crippen LogP) is 8.14. The van der Waals surface area contributed by atoms with Gasteiger partial charge in [0, 0.05) is 12.0 Å². The molecule has 0 aliphatic heterocycles. The van der Waals surface area contributed by atoms with Crippen molar-refractivity contribution in [3.63, 3.8) is 0 Å². The topological polar surface area (TPSA) is 112 Å². The lowest BCUT2D eigenvalue weighted by Gasteiger charge is -2.75. The molecule has 0 bridgehead atoms. The summed E-state index contributed by atoms with van der Waals surface area (Å²) in [4.78, 5) is 32.5. The second-order valence-corrected chi connectivity index (χ2v) is 18.7. The van der Waals surface area contributed by atoms with Gasteiger partial charge in [-0.2, -0.15) is 0 Å². The van der Waals surface area contributed by atoms with Crippen LogP contribution in [-0.2, 0) is 28.1 Å². The van der Waals surface area contributed by atoms with Crippen molar-refractivity contribution < 1.29 is 37.9 Å². The van der Waals surface area contributed by atoms with E-state index in [2.05, 4.69) is 73.8 Å². The fourth-order valence-electron chi connectivity index (χ4n) is 12.9. The van der Waals surface area contributed by atoms with Gasteiger partial charge in [0.25, 0.3) is 0 Å². The molecule has 0 aromatic carbocycles. The lowest BCUT2D eigenvalue weighted by Crippen LogP contribution is -2.72. The number of hydrogen-bond donors (Lipinski definition) is 2. The van der Waals surface area contributed by atoms with E-state index < -0.39 is 20.0 Å². The molecule has 12 atom stereocenters. The van der Waals surface area contributed by atoms with Crippen LogP contribution in [0.15, 0.2) is 0 Å². The zero-order valence-electron chi connectivity index (χ0n) is 29.8. The molecule has 5 saturated carbocycles. The molecule has 260 valence electrons. The van der Waals surface area contributed by atoms with Crippen LogP contribution in [0.4, 0.5) is 0 Å². The summed E-state index contributed by atoms with van der Waals surface area (Å²) in [5.74, 6) is 1.94. The number of esters is 1. The molecule has 0 radical (unpaired) electrons. The Balaban J connectivity index is 1.56. The van der Waals surface area contributed by atoms with E-state index in [4.69, 9.17) is 14.2 Å². The summed E-state index contributed by atoms with van der Waals surface area (Å²) >= 11 is 0. The number of ether oxygens (including phenoxy) is 3. The second kappa shape index (κ2) is 12.1. The SMILES string of the molecule is CCOC1CCC2(C)C(CC(OC(C)C)C3(C)C2CCC2C4C(C)C(C)CCC4(C(=O)OCOP(=O)(O)O)CCC23C)C1(C)C. The minimum Gasteiger partial charge on any atom is -0.437 e. The molecule has 5 aliphatic carbocycles. The third-order valence-corrected chi connectivity index (χ3v) is 15.7. The van der Waals surface area contributed by atoms with Gasteiger partial charge in [-0.05, 0) is 130 Å². The maximum Gasteiger partial charge on any atom is 0.472 e. The van der Waals surface area contributed by atoms with Crippen LogP contribution in [0, 0.1) is 62.6 Å². The van der Waals surface area contributed by atoms with E-state index in [1.807, 2.05) is 0 Å². The maximum atomic E-state index is 14.0. The summed E-state index contributed by atoms with van der Waals surface area (Å²) in [5, 5.41) is 0. The van der Waals surface area contributed by atoms with Gasteiger partial charge < -0.3 is 24.0 Å². The second-order valence-electron chi connectivity index (χ2n) is 17.4. The summed E-state index contributed by atoms with van der Waals surface area (Å²) in [6, 6.07) is 0. The highest BCUT2D eigenvalue weighted by Crippen LogP contribution is 2.77. The minimum atomic E-state index is -4.74. The van der Waals surface area contributed by atoms with Crippen LogP contribution in [0.2, 0.25) is 0 Å². The van der Waals surface area contributed by atoms with E-state index in [9.17, 15) is 19.1 Å². The summed E-state index contributed by atoms with van der Waals surface area (Å²) in [7, 11) is -4.74. The van der Waals surface area contributed by atoms with E-state index >= 15 is 0 Å². The highest BCUT2D eigenvalue weighted by atomic mass is 31.2. The van der Waals surface area contributed by atoms with Gasteiger partial charge in [-0.3, -0.25) is 4.79 Å². The van der Waals surface area contributed by atoms with E-state index in [1.54, 1.807) is 0 Å². The molecule has 0 aromatic rings. The molecule has 0 amide bonds. The first-order valence-corrected chi connectivity index (χ1v) is 19.5. The summed E-state index contributed by atoms with van der Waals surface area (Å²) < 4.78 is 35.0. The van der Waals surface area contributed by atoms with Crippen LogP contribution in [0.3, 0.4) is 0 Å². The van der Waals surface area contributed by atoms with Crippen molar-refractivity contribution in [1.29, 1.82) is 0 Å². The van der Waals surface area contributed by atoms with Crippen molar-refractivity contribution in [2.24, 2.45) is 62.6 Å². The molecule has 0 spiro atoms. The van der Waals surface area contributed by atoms with Crippen LogP contribution in [0.5, 0.6) is 0 Å². The number of phosphoric ester groups is 1. The van der Waals surface area contributed by atoms with Crippen molar-refractivity contribution in [1.82, 2.24) is 0 Å². The van der Waals surface area contributed by atoms with Gasteiger partial charge >= 0.3 is 13.8 Å². The molecular formula is C36H63O8P. The molecular weight excluding hydrogens is 591 g/mol. The van der Waals surface area contributed by atoms with Crippen molar-refractivity contribution in [2.45, 2.75) is 145 Å². The largest absolute Gasteiger partial charge is 0.472 e. The quantitative estimate of drug-likeness (QED) is 0.153. The number of carbonyl (C=O) groups excluding carboxylic acids is 1. The summed E-state index contributed by atoms with van der Waals surface area (Å²) in [6.45, 7) is 23.7. The molecule has 45 heavy (non-hydrogen) atoms. The van der Waals surface area contributed by atoms with Gasteiger partial charge in [-0.25, -0.2) is 9.09 Å². The normalized spacial score (nSPS) is 47.7. The highest BCUT2D eigenvalue weighted by Gasteiger charge is 2.74. The van der Waals surface area contributed by atoms with Crippen LogP contribution in [0.25, 0.3) is 0 Å². The van der Waals surface area contributed by atoms with Gasteiger partial charge in [-0.15, -0.1) is 0 Å². The average Bonchev–Trinajstić information content (AvgIpc) is 2.93. The van der Waals surface area contributed by atoms with Gasteiger partial charge in [0.15, 0.2) is 0 Å². The van der Waals surface area contributed by atoms with Crippen LogP contribution in [0.1, 0.15) is 127 Å². The predicted molar refractivity (Wildman–Crippen MR) is 174 cm³/mol. The Morgan fingerprint density at radius 1 is 0.911 bits per heavy atom. The van der Waals surface area contributed by atoms with Gasteiger partial charge in [0.05, 0.1) is 23.7 Å². The van der Waals surface area contributed by atoms with Gasteiger partial charge in [0.1, 0.15) is 0 Å². The number of rotatable bonds is 8. The smallest absolute Gasteiger partial charge is 0.437 e. The van der Waals surface area contributed by atoms with Gasteiger partial charge in [0.2, 0.25) is 6.79 Å². The fraction of sp³-hybridized carbons (Fsp3) is 0.972. The van der Waals surface area contributed by atoms with Crippen molar-refractivity contribution >= 4 is 13.8 Å². The first-order chi connectivity index (χ1) is 20.8. The lowest BCUT2D eigenvalue weighted by atomic mass is 9.30. The van der Waals surface area contributed by atoms with E-state index in [0.717, 1.165) is 58.0 Å². The number of hydrogen-bond acceptors (Lipinski definition) is 6. The zero-order valence-corrected chi connectivity index (χ0v) is 30.7. The number of fused-ring (bicyclic) bond motifs is 7. The number of phosphoric acid groups is 1. The summed E-state index contributed by atoms with van der Waals surface area (Å²) in [5.41, 5.74) is -0.540. The molecule has 9 heteroatoms. The van der Waals surface area contributed by atoms with E-state index in [0.29, 0.717) is 29.6 Å². The lowest BCUT2D eigenvalue weighted by molar-refractivity contribution is -0.303. The maximum absolute atomic E-state index is 14.0. The van der Waals surface area contributed by atoms with Crippen molar-refractivity contribution in [2.75, 3.05) is 13.4 Å². The Labute approximate surface area is 272 Å². The molecule has 2 N–H and O–H groups in total. The molecule has 8 nitrogen and oxygen atoms in total. The first kappa shape index (κ1) is 35.8. The highest BCUT2D eigenvalue weighted by molar-refractivity contribution is 7.46. The standard InChI is InChI=1S/C36H63O8P/c1-11-41-28-15-16-33(8)26-13-12-25-30-24(5)23(4)14-17-36(30,31(37)42-21-43-45(38,39)40)19-18-34(25,9)35(26,10)29(44-22(2)3)20-27(33)32(28,6)7/h22-30H,11-21H2,1-10H3,(H2,38,39,40). The van der Waals surface area contributed by atoms with Crippen LogP contribution < -0.4 is 0 Å². The molecule has 5 aliphatic rings. The zero-order chi connectivity index (χ0) is 33.4.